The molecule has 2 N–H and O–H groups in total. The molecule has 1 saturated heterocycles. The third kappa shape index (κ3) is 1.31. The standard InChI is InChI=1S/C12H21NO/c14-12-9-3-5-10(12)11(6-4-9)13-7-1-2-8-13/h9-12,14H,1-8H2/p+1/t9-,10+,11+,12-/m0/s1. The normalized spacial score (nSPS) is 48.6. The van der Waals surface area contributed by atoms with Crippen LogP contribution in [-0.2, 0) is 0 Å². The van der Waals surface area contributed by atoms with Crippen molar-refractivity contribution < 1.29 is 10.0 Å². The molecule has 0 amide bonds. The Morgan fingerprint density at radius 1 is 0.929 bits per heavy atom. The summed E-state index contributed by atoms with van der Waals surface area (Å²) in [5.41, 5.74) is 0. The predicted molar refractivity (Wildman–Crippen MR) is 55.2 cm³/mol. The van der Waals surface area contributed by atoms with Crippen molar-refractivity contribution in [3.63, 3.8) is 0 Å². The summed E-state index contributed by atoms with van der Waals surface area (Å²) in [7, 11) is 0. The zero-order valence-electron chi connectivity index (χ0n) is 8.91. The van der Waals surface area contributed by atoms with E-state index in [1.54, 1.807) is 0 Å². The fraction of sp³-hybridized carbons (Fsp3) is 1.00. The zero-order valence-corrected chi connectivity index (χ0v) is 8.91. The van der Waals surface area contributed by atoms with Gasteiger partial charge in [0.15, 0.2) is 0 Å². The van der Waals surface area contributed by atoms with Crippen molar-refractivity contribution in [2.24, 2.45) is 11.8 Å². The van der Waals surface area contributed by atoms with Gasteiger partial charge in [0.05, 0.1) is 25.2 Å². The maximum absolute atomic E-state index is 10.1. The van der Waals surface area contributed by atoms with Gasteiger partial charge < -0.3 is 10.0 Å². The molecule has 2 saturated carbocycles. The Morgan fingerprint density at radius 2 is 1.64 bits per heavy atom. The van der Waals surface area contributed by atoms with Gasteiger partial charge >= 0.3 is 0 Å². The number of nitrogens with one attached hydrogen (secondary N) is 1. The zero-order chi connectivity index (χ0) is 9.54. The smallest absolute Gasteiger partial charge is 0.0928 e. The molecule has 0 aromatic heterocycles. The van der Waals surface area contributed by atoms with Crippen LogP contribution in [0.2, 0.25) is 0 Å². The number of quaternary nitrogens is 1. The van der Waals surface area contributed by atoms with Gasteiger partial charge in [-0.15, -0.1) is 0 Å². The second-order valence-corrected chi connectivity index (χ2v) is 5.54. The molecule has 2 nitrogen and oxygen atoms in total. The maximum Gasteiger partial charge on any atom is 0.0928 e. The van der Waals surface area contributed by atoms with Crippen LogP contribution in [0.3, 0.4) is 0 Å². The molecule has 14 heavy (non-hydrogen) atoms. The number of aliphatic hydroxyl groups excluding tert-OH is 1. The predicted octanol–water partition coefficient (Wildman–Crippen LogP) is 0.215. The molecule has 0 aromatic rings. The highest BCUT2D eigenvalue weighted by molar-refractivity contribution is 4.93. The fourth-order valence-corrected chi connectivity index (χ4v) is 4.17. The topological polar surface area (TPSA) is 24.7 Å². The van der Waals surface area contributed by atoms with Crippen molar-refractivity contribution in [2.45, 2.75) is 50.7 Å². The first-order valence-electron chi connectivity index (χ1n) is 6.39. The molecule has 0 spiro atoms. The number of hydrogen-bond donors (Lipinski definition) is 2. The summed E-state index contributed by atoms with van der Waals surface area (Å²) in [4.78, 5) is 1.81. The van der Waals surface area contributed by atoms with E-state index in [1.165, 1.54) is 51.6 Å². The first kappa shape index (κ1) is 9.17. The second kappa shape index (κ2) is 3.49. The van der Waals surface area contributed by atoms with E-state index in [-0.39, 0.29) is 6.10 Å². The van der Waals surface area contributed by atoms with E-state index in [0.717, 1.165) is 6.04 Å². The molecule has 1 heterocycles. The molecule has 0 unspecified atom stereocenters. The largest absolute Gasteiger partial charge is 0.392 e. The summed E-state index contributed by atoms with van der Waals surface area (Å²) in [5, 5.41) is 10.1. The molecular weight excluding hydrogens is 174 g/mol. The molecule has 4 atom stereocenters. The van der Waals surface area contributed by atoms with Gasteiger partial charge in [-0.3, -0.25) is 0 Å². The van der Waals surface area contributed by atoms with E-state index in [0.29, 0.717) is 11.8 Å². The maximum atomic E-state index is 10.1. The second-order valence-electron chi connectivity index (χ2n) is 5.54. The van der Waals surface area contributed by atoms with Gasteiger partial charge in [-0.2, -0.15) is 0 Å². The third-order valence-corrected chi connectivity index (χ3v) is 4.93. The number of hydrogen-bond acceptors (Lipinski definition) is 1. The Morgan fingerprint density at radius 3 is 2.43 bits per heavy atom. The van der Waals surface area contributed by atoms with E-state index in [2.05, 4.69) is 0 Å². The summed E-state index contributed by atoms with van der Waals surface area (Å²) in [6, 6.07) is 0.811. The van der Waals surface area contributed by atoms with Gasteiger partial charge in [0.25, 0.3) is 0 Å². The molecular formula is C12H22NO+. The summed E-state index contributed by atoms with van der Waals surface area (Å²) in [6.45, 7) is 2.75. The number of likely N-dealkylation sites (tertiary alicyclic amines) is 1. The van der Waals surface area contributed by atoms with Gasteiger partial charge in [-0.25, -0.2) is 0 Å². The minimum Gasteiger partial charge on any atom is -0.392 e. The van der Waals surface area contributed by atoms with Crippen molar-refractivity contribution in [1.82, 2.24) is 0 Å². The van der Waals surface area contributed by atoms with Crippen LogP contribution >= 0.6 is 0 Å². The lowest BCUT2D eigenvalue weighted by Crippen LogP contribution is -3.15. The molecule has 0 aromatic carbocycles. The van der Waals surface area contributed by atoms with Crippen molar-refractivity contribution in [3.05, 3.63) is 0 Å². The van der Waals surface area contributed by atoms with E-state index < -0.39 is 0 Å². The highest BCUT2D eigenvalue weighted by Gasteiger charge is 2.47. The Hall–Kier alpha value is -0.0800. The number of fused-ring (bicyclic) bond motifs is 2. The van der Waals surface area contributed by atoms with Crippen LogP contribution in [-0.4, -0.2) is 30.3 Å². The molecule has 3 aliphatic rings. The molecule has 2 bridgehead atoms. The van der Waals surface area contributed by atoms with Gasteiger partial charge in [0.1, 0.15) is 0 Å². The van der Waals surface area contributed by atoms with E-state index in [9.17, 15) is 5.11 Å². The quantitative estimate of drug-likeness (QED) is 0.616. The van der Waals surface area contributed by atoms with Crippen LogP contribution < -0.4 is 4.90 Å². The Bertz CT molecular complexity index is 212. The van der Waals surface area contributed by atoms with Crippen LogP contribution in [0.25, 0.3) is 0 Å². The lowest BCUT2D eigenvalue weighted by atomic mass is 9.81. The minimum atomic E-state index is 0.0573. The van der Waals surface area contributed by atoms with Crippen LogP contribution in [0.5, 0.6) is 0 Å². The van der Waals surface area contributed by atoms with Crippen LogP contribution in [0.4, 0.5) is 0 Å². The van der Waals surface area contributed by atoms with Gasteiger partial charge in [0.2, 0.25) is 0 Å². The van der Waals surface area contributed by atoms with Crippen LogP contribution in [0.15, 0.2) is 0 Å². The lowest BCUT2D eigenvalue weighted by molar-refractivity contribution is -0.919. The average molecular weight is 196 g/mol. The highest BCUT2D eigenvalue weighted by Crippen LogP contribution is 2.41. The molecule has 0 radical (unpaired) electrons. The summed E-state index contributed by atoms with van der Waals surface area (Å²) < 4.78 is 0. The first-order valence-corrected chi connectivity index (χ1v) is 6.39. The first-order chi connectivity index (χ1) is 6.86. The molecule has 2 heteroatoms. The van der Waals surface area contributed by atoms with Gasteiger partial charge in [0, 0.05) is 25.2 Å². The minimum absolute atomic E-state index is 0.0573. The van der Waals surface area contributed by atoms with Crippen molar-refractivity contribution in [2.75, 3.05) is 13.1 Å². The van der Waals surface area contributed by atoms with E-state index in [4.69, 9.17) is 0 Å². The molecule has 1 aliphatic heterocycles. The van der Waals surface area contributed by atoms with Gasteiger partial charge in [-0.1, -0.05) is 0 Å². The van der Waals surface area contributed by atoms with Gasteiger partial charge in [-0.05, 0) is 25.2 Å². The monoisotopic (exact) mass is 196 g/mol. The Kier molecular flexibility index (Phi) is 2.29. The molecule has 3 fully saturated rings. The van der Waals surface area contributed by atoms with Crippen LogP contribution in [0, 0.1) is 11.8 Å². The fourth-order valence-electron chi connectivity index (χ4n) is 4.17. The summed E-state index contributed by atoms with van der Waals surface area (Å²) >= 11 is 0. The lowest BCUT2D eigenvalue weighted by Gasteiger charge is -2.36. The number of aliphatic hydroxyl groups is 1. The van der Waals surface area contributed by atoms with E-state index in [1.807, 2.05) is 4.90 Å². The Balaban J connectivity index is 1.73. The highest BCUT2D eigenvalue weighted by atomic mass is 16.3. The summed E-state index contributed by atoms with van der Waals surface area (Å²) in [5.74, 6) is 1.32. The van der Waals surface area contributed by atoms with Crippen molar-refractivity contribution in [1.29, 1.82) is 0 Å². The van der Waals surface area contributed by atoms with E-state index >= 15 is 0 Å². The van der Waals surface area contributed by atoms with Crippen molar-refractivity contribution in [3.8, 4) is 0 Å². The SMILES string of the molecule is O[C@H]1[C@H]2CC[C@@H]1[C@H]([NH+]1CCCC1)CC2. The number of rotatable bonds is 1. The summed E-state index contributed by atoms with van der Waals surface area (Å²) in [6.07, 6.45) is 8.18. The van der Waals surface area contributed by atoms with Crippen molar-refractivity contribution >= 4 is 0 Å². The molecule has 80 valence electrons. The van der Waals surface area contributed by atoms with Crippen LogP contribution in [0.1, 0.15) is 38.5 Å². The third-order valence-electron chi connectivity index (χ3n) is 4.93. The average Bonchev–Trinajstić information content (AvgIpc) is 2.76. The molecule has 3 rings (SSSR count). The molecule has 2 aliphatic carbocycles. The Labute approximate surface area is 86.3 Å².